The van der Waals surface area contributed by atoms with Gasteiger partial charge < -0.3 is 10.2 Å². The number of fused-ring (bicyclic) bond motifs is 3. The number of nitrogens with one attached hydrogen (secondary N) is 2. The van der Waals surface area contributed by atoms with Gasteiger partial charge in [-0.05, 0) is 50.7 Å². The largest absolute Gasteiger partial charge is 0.384 e. The highest BCUT2D eigenvalue weighted by atomic mass is 35.5. The molecule has 0 bridgehead atoms. The number of benzene rings is 1. The third-order valence-electron chi connectivity index (χ3n) is 6.40. The van der Waals surface area contributed by atoms with E-state index in [1.165, 1.54) is 5.56 Å². The van der Waals surface area contributed by atoms with E-state index in [0.29, 0.717) is 5.02 Å². The van der Waals surface area contributed by atoms with Crippen LogP contribution < -0.4 is 15.8 Å². The lowest BCUT2D eigenvalue weighted by atomic mass is 9.74. The van der Waals surface area contributed by atoms with Gasteiger partial charge in [-0.2, -0.15) is 0 Å². The third-order valence-corrected chi connectivity index (χ3v) is 6.92. The average molecular weight is 405 g/mol. The lowest BCUT2D eigenvalue weighted by Crippen LogP contribution is -2.45. The van der Waals surface area contributed by atoms with Crippen molar-refractivity contribution in [1.82, 2.24) is 9.97 Å². The van der Waals surface area contributed by atoms with Crippen molar-refractivity contribution in [2.75, 3.05) is 29.9 Å². The first-order chi connectivity index (χ1) is 13.1. The summed E-state index contributed by atoms with van der Waals surface area (Å²) >= 11 is 12.7. The van der Waals surface area contributed by atoms with E-state index in [-0.39, 0.29) is 11.0 Å². The summed E-state index contributed by atoms with van der Waals surface area (Å²) in [6, 6.07) is 3.80. The molecule has 0 amide bonds. The smallest absolute Gasteiger partial charge is 0.255 e. The molecule has 7 heteroatoms. The second-order valence-corrected chi connectivity index (χ2v) is 8.80. The first-order valence-electron chi connectivity index (χ1n) is 9.66. The molecule has 2 N–H and O–H groups in total. The summed E-state index contributed by atoms with van der Waals surface area (Å²) in [5.41, 5.74) is 4.20. The Labute approximate surface area is 168 Å². The Morgan fingerprint density at radius 3 is 2.70 bits per heavy atom. The number of aromatic amines is 1. The number of hydrogen-bond donors (Lipinski definition) is 2. The summed E-state index contributed by atoms with van der Waals surface area (Å²) in [5, 5.41) is 4.90. The molecule has 1 saturated heterocycles. The molecular weight excluding hydrogens is 383 g/mol. The Hall–Kier alpha value is -1.72. The van der Waals surface area contributed by atoms with Crippen molar-refractivity contribution in [2.24, 2.45) is 0 Å². The summed E-state index contributed by atoms with van der Waals surface area (Å²) in [5.74, 6) is 0.726. The highest BCUT2D eigenvalue weighted by Gasteiger charge is 2.43. The van der Waals surface area contributed by atoms with Crippen molar-refractivity contribution in [1.29, 1.82) is 0 Å². The van der Waals surface area contributed by atoms with E-state index in [9.17, 15) is 4.79 Å². The van der Waals surface area contributed by atoms with Gasteiger partial charge in [0.25, 0.3) is 5.56 Å². The molecule has 1 aromatic heterocycles. The Kier molecular flexibility index (Phi) is 4.13. The predicted molar refractivity (Wildman–Crippen MR) is 110 cm³/mol. The maximum Gasteiger partial charge on any atom is 0.255 e. The molecule has 1 aliphatic carbocycles. The van der Waals surface area contributed by atoms with E-state index in [1.54, 1.807) is 0 Å². The van der Waals surface area contributed by atoms with Crippen LogP contribution in [0.5, 0.6) is 0 Å². The number of nitrogens with zero attached hydrogens (tertiary/aromatic N) is 2. The van der Waals surface area contributed by atoms with Gasteiger partial charge in [0.1, 0.15) is 0 Å². The van der Waals surface area contributed by atoms with Crippen LogP contribution in [-0.2, 0) is 18.3 Å². The summed E-state index contributed by atoms with van der Waals surface area (Å²) in [7, 11) is 0. The zero-order valence-corrected chi connectivity index (χ0v) is 16.6. The SMILES string of the molecule is O=c1[nH]c(N2CCC3(CC2)CNc2cc(Cl)cc(Cl)c23)nc2c1CCCC2. The third kappa shape index (κ3) is 2.83. The van der Waals surface area contributed by atoms with E-state index in [0.717, 1.165) is 86.1 Å². The average Bonchev–Trinajstić information content (AvgIpc) is 3.00. The lowest BCUT2D eigenvalue weighted by Gasteiger charge is -2.40. The Bertz CT molecular complexity index is 963. The van der Waals surface area contributed by atoms with E-state index >= 15 is 0 Å². The standard InChI is InChI=1S/C20H22Cl2N4O/c21-12-9-14(22)17-16(10-12)23-11-20(17)5-7-26(8-6-20)19-24-15-4-2-1-3-13(15)18(27)25-19/h9-10,23H,1-8,11H2,(H,24,25,27). The predicted octanol–water partition coefficient (Wildman–Crippen LogP) is 3.92. The zero-order valence-electron chi connectivity index (χ0n) is 15.1. The van der Waals surface area contributed by atoms with Crippen LogP contribution in [0.2, 0.25) is 10.0 Å². The molecule has 3 heterocycles. The normalized spacial score (nSPS) is 20.3. The fourth-order valence-electron chi connectivity index (χ4n) is 4.92. The van der Waals surface area contributed by atoms with Gasteiger partial charge in [-0.15, -0.1) is 0 Å². The van der Waals surface area contributed by atoms with E-state index in [2.05, 4.69) is 15.2 Å². The van der Waals surface area contributed by atoms with Crippen LogP contribution in [0, 0.1) is 0 Å². The van der Waals surface area contributed by atoms with Crippen LogP contribution in [0.25, 0.3) is 0 Å². The Morgan fingerprint density at radius 2 is 1.89 bits per heavy atom. The molecule has 142 valence electrons. The lowest BCUT2D eigenvalue weighted by molar-refractivity contribution is 0.359. The maximum absolute atomic E-state index is 12.5. The summed E-state index contributed by atoms with van der Waals surface area (Å²) < 4.78 is 0. The number of rotatable bonds is 1. The maximum atomic E-state index is 12.5. The molecule has 1 spiro atoms. The number of halogens is 2. The topological polar surface area (TPSA) is 61.0 Å². The number of aryl methyl sites for hydroxylation is 1. The van der Waals surface area contributed by atoms with Gasteiger partial charge in [0.05, 0.1) is 5.69 Å². The van der Waals surface area contributed by atoms with Crippen LogP contribution in [0.15, 0.2) is 16.9 Å². The van der Waals surface area contributed by atoms with Crippen molar-refractivity contribution >= 4 is 34.8 Å². The van der Waals surface area contributed by atoms with E-state index < -0.39 is 0 Å². The molecule has 2 aromatic rings. The van der Waals surface area contributed by atoms with Crippen molar-refractivity contribution in [3.05, 3.63) is 49.4 Å². The van der Waals surface area contributed by atoms with Crippen molar-refractivity contribution in [3.63, 3.8) is 0 Å². The fraction of sp³-hybridized carbons (Fsp3) is 0.500. The van der Waals surface area contributed by atoms with E-state index in [4.69, 9.17) is 28.2 Å². The summed E-state index contributed by atoms with van der Waals surface area (Å²) in [6.45, 7) is 2.58. The minimum absolute atomic E-state index is 0.0298. The van der Waals surface area contributed by atoms with Gasteiger partial charge in [-0.25, -0.2) is 4.98 Å². The summed E-state index contributed by atoms with van der Waals surface area (Å²) in [6.07, 6.45) is 5.91. The quantitative estimate of drug-likeness (QED) is 0.755. The number of hydrogen-bond acceptors (Lipinski definition) is 4. The van der Waals surface area contributed by atoms with Gasteiger partial charge in [-0.3, -0.25) is 9.78 Å². The number of piperidine rings is 1. The molecule has 0 radical (unpaired) electrons. The fourth-order valence-corrected chi connectivity index (χ4v) is 5.61. The van der Waals surface area contributed by atoms with Gasteiger partial charge in [-0.1, -0.05) is 23.2 Å². The molecule has 2 aliphatic heterocycles. The van der Waals surface area contributed by atoms with Gasteiger partial charge >= 0.3 is 0 Å². The molecule has 0 unspecified atom stereocenters. The number of H-pyrrole nitrogens is 1. The van der Waals surface area contributed by atoms with Crippen LogP contribution in [0.1, 0.15) is 42.5 Å². The number of aromatic nitrogens is 2. The molecule has 0 atom stereocenters. The molecule has 1 fully saturated rings. The molecule has 0 saturated carbocycles. The molecule has 5 nitrogen and oxygen atoms in total. The van der Waals surface area contributed by atoms with Crippen molar-refractivity contribution < 1.29 is 0 Å². The monoisotopic (exact) mass is 404 g/mol. The van der Waals surface area contributed by atoms with Crippen LogP contribution >= 0.6 is 23.2 Å². The highest BCUT2D eigenvalue weighted by molar-refractivity contribution is 6.35. The molecule has 1 aromatic carbocycles. The zero-order chi connectivity index (χ0) is 18.6. The van der Waals surface area contributed by atoms with Gasteiger partial charge in [0.15, 0.2) is 0 Å². The minimum Gasteiger partial charge on any atom is -0.384 e. The van der Waals surface area contributed by atoms with Crippen LogP contribution in [0.4, 0.5) is 11.6 Å². The van der Waals surface area contributed by atoms with Crippen molar-refractivity contribution in [2.45, 2.75) is 43.9 Å². The molecular formula is C20H22Cl2N4O. The first kappa shape index (κ1) is 17.4. The molecule has 27 heavy (non-hydrogen) atoms. The van der Waals surface area contributed by atoms with Gasteiger partial charge in [0.2, 0.25) is 5.95 Å². The first-order valence-corrected chi connectivity index (χ1v) is 10.4. The molecule has 5 rings (SSSR count). The highest BCUT2D eigenvalue weighted by Crippen LogP contribution is 2.48. The van der Waals surface area contributed by atoms with Crippen LogP contribution in [0.3, 0.4) is 0 Å². The Morgan fingerprint density at radius 1 is 1.11 bits per heavy atom. The second kappa shape index (κ2) is 6.42. The van der Waals surface area contributed by atoms with E-state index in [1.807, 2.05) is 12.1 Å². The van der Waals surface area contributed by atoms with Gasteiger partial charge in [0, 0.05) is 51.9 Å². The summed E-state index contributed by atoms with van der Waals surface area (Å²) in [4.78, 5) is 22.5. The molecule has 3 aliphatic rings. The minimum atomic E-state index is 0.0298. The Balaban J connectivity index is 1.41. The number of anilines is 2. The van der Waals surface area contributed by atoms with Crippen molar-refractivity contribution in [3.8, 4) is 0 Å². The van der Waals surface area contributed by atoms with Crippen LogP contribution in [-0.4, -0.2) is 29.6 Å². The second-order valence-electron chi connectivity index (χ2n) is 7.95.